The van der Waals surface area contributed by atoms with Gasteiger partial charge in [0.25, 0.3) is 11.5 Å². The van der Waals surface area contributed by atoms with E-state index in [-0.39, 0.29) is 18.0 Å². The van der Waals surface area contributed by atoms with Crippen molar-refractivity contribution in [2.45, 2.75) is 26.8 Å². The highest BCUT2D eigenvalue weighted by atomic mass is 16.5. The summed E-state index contributed by atoms with van der Waals surface area (Å²) in [7, 11) is 3.06. The van der Waals surface area contributed by atoms with Crippen molar-refractivity contribution in [1.82, 2.24) is 9.97 Å². The SMILES string of the molecule is CCC[NH+](CC(=O)Nc1ccccc1C)Cc1nc2cc(OC)c(OC)cc2c(=O)[nH]1. The predicted octanol–water partition coefficient (Wildman–Crippen LogP) is 1.68. The van der Waals surface area contributed by atoms with Crippen LogP contribution >= 0.6 is 0 Å². The van der Waals surface area contributed by atoms with E-state index in [4.69, 9.17) is 9.47 Å². The molecule has 164 valence electrons. The number of H-pyrrole nitrogens is 1. The molecule has 1 heterocycles. The molecule has 0 fully saturated rings. The minimum Gasteiger partial charge on any atom is -0.493 e. The van der Waals surface area contributed by atoms with Gasteiger partial charge in [-0.15, -0.1) is 0 Å². The number of para-hydroxylation sites is 1. The fraction of sp³-hybridized carbons (Fsp3) is 0.348. The van der Waals surface area contributed by atoms with Crippen molar-refractivity contribution in [3.8, 4) is 11.5 Å². The van der Waals surface area contributed by atoms with E-state index in [1.165, 1.54) is 14.2 Å². The topological polar surface area (TPSA) is 97.8 Å². The molecular weight excluding hydrogens is 396 g/mol. The molecule has 0 spiro atoms. The molecule has 31 heavy (non-hydrogen) atoms. The smallest absolute Gasteiger partial charge is 0.279 e. The highest BCUT2D eigenvalue weighted by molar-refractivity contribution is 5.92. The summed E-state index contributed by atoms with van der Waals surface area (Å²) < 4.78 is 10.6. The second-order valence-electron chi connectivity index (χ2n) is 7.45. The molecule has 0 aliphatic carbocycles. The summed E-state index contributed by atoms with van der Waals surface area (Å²) in [4.78, 5) is 33.7. The van der Waals surface area contributed by atoms with Gasteiger partial charge in [-0.2, -0.15) is 0 Å². The van der Waals surface area contributed by atoms with Gasteiger partial charge in [-0.3, -0.25) is 9.59 Å². The summed E-state index contributed by atoms with van der Waals surface area (Å²) in [5.41, 5.74) is 2.09. The van der Waals surface area contributed by atoms with Crippen molar-refractivity contribution in [3.05, 3.63) is 58.1 Å². The number of carbonyl (C=O) groups is 1. The van der Waals surface area contributed by atoms with Gasteiger partial charge in [-0.05, 0) is 31.0 Å². The number of quaternary nitrogens is 1. The van der Waals surface area contributed by atoms with Crippen molar-refractivity contribution < 1.29 is 19.2 Å². The first kappa shape index (κ1) is 22.3. The Balaban J connectivity index is 1.81. The molecule has 0 saturated carbocycles. The number of nitrogens with zero attached hydrogens (tertiary/aromatic N) is 1. The van der Waals surface area contributed by atoms with Crippen molar-refractivity contribution in [3.63, 3.8) is 0 Å². The Hall–Kier alpha value is -3.39. The van der Waals surface area contributed by atoms with Crippen LogP contribution in [-0.2, 0) is 11.3 Å². The maximum atomic E-state index is 12.6. The minimum absolute atomic E-state index is 0.0766. The first-order chi connectivity index (χ1) is 14.9. The monoisotopic (exact) mass is 425 g/mol. The average molecular weight is 426 g/mol. The number of ether oxygens (including phenoxy) is 2. The molecule has 0 aliphatic heterocycles. The minimum atomic E-state index is -0.249. The van der Waals surface area contributed by atoms with Crippen LogP contribution < -0.4 is 25.2 Å². The Labute approximate surface area is 181 Å². The third kappa shape index (κ3) is 5.40. The largest absolute Gasteiger partial charge is 0.493 e. The molecular formula is C23H29N4O4+. The Morgan fingerprint density at radius 3 is 2.55 bits per heavy atom. The summed E-state index contributed by atoms with van der Waals surface area (Å²) in [5, 5.41) is 3.40. The van der Waals surface area contributed by atoms with Gasteiger partial charge in [-0.1, -0.05) is 25.1 Å². The molecule has 3 N–H and O–H groups in total. The number of rotatable bonds is 9. The molecule has 1 aromatic heterocycles. The first-order valence-electron chi connectivity index (χ1n) is 10.3. The summed E-state index contributed by atoms with van der Waals surface area (Å²) in [6, 6.07) is 11.0. The number of benzene rings is 2. The molecule has 2 aromatic carbocycles. The van der Waals surface area contributed by atoms with Crippen LogP contribution in [0.1, 0.15) is 24.7 Å². The predicted molar refractivity (Wildman–Crippen MR) is 120 cm³/mol. The number of hydrogen-bond acceptors (Lipinski definition) is 5. The number of anilines is 1. The molecule has 0 bridgehead atoms. The summed E-state index contributed by atoms with van der Waals surface area (Å²) in [5.74, 6) is 1.43. The van der Waals surface area contributed by atoms with Crippen molar-refractivity contribution in [2.75, 3.05) is 32.6 Å². The molecule has 1 unspecified atom stereocenters. The number of carbonyl (C=O) groups excluding carboxylic acids is 1. The zero-order valence-corrected chi connectivity index (χ0v) is 18.4. The van der Waals surface area contributed by atoms with Gasteiger partial charge in [0, 0.05) is 11.8 Å². The first-order valence-corrected chi connectivity index (χ1v) is 10.3. The highest BCUT2D eigenvalue weighted by Gasteiger charge is 2.18. The number of aromatic nitrogens is 2. The quantitative estimate of drug-likeness (QED) is 0.485. The van der Waals surface area contributed by atoms with Crippen LogP contribution in [0.2, 0.25) is 0 Å². The molecule has 3 rings (SSSR count). The lowest BCUT2D eigenvalue weighted by atomic mass is 10.2. The van der Waals surface area contributed by atoms with Gasteiger partial charge in [0.1, 0.15) is 6.54 Å². The van der Waals surface area contributed by atoms with E-state index >= 15 is 0 Å². The van der Waals surface area contributed by atoms with Gasteiger partial charge in [0.15, 0.2) is 23.9 Å². The maximum absolute atomic E-state index is 12.6. The lowest BCUT2D eigenvalue weighted by Gasteiger charge is -2.18. The second-order valence-corrected chi connectivity index (χ2v) is 7.45. The molecule has 0 radical (unpaired) electrons. The van der Waals surface area contributed by atoms with Gasteiger partial charge in [-0.25, -0.2) is 4.98 Å². The number of amides is 1. The molecule has 3 aromatic rings. The van der Waals surface area contributed by atoms with Crippen LogP contribution in [0.4, 0.5) is 5.69 Å². The summed E-state index contributed by atoms with van der Waals surface area (Å²) >= 11 is 0. The van der Waals surface area contributed by atoms with Crippen molar-refractivity contribution in [1.29, 1.82) is 0 Å². The molecule has 1 amide bonds. The third-order valence-corrected chi connectivity index (χ3v) is 5.11. The van der Waals surface area contributed by atoms with Crippen LogP contribution in [0, 0.1) is 6.92 Å². The fourth-order valence-corrected chi connectivity index (χ4v) is 3.56. The van der Waals surface area contributed by atoms with Crippen LogP contribution in [-0.4, -0.2) is 43.2 Å². The molecule has 8 nitrogen and oxygen atoms in total. The van der Waals surface area contributed by atoms with Gasteiger partial charge in [0.2, 0.25) is 0 Å². The zero-order chi connectivity index (χ0) is 22.4. The van der Waals surface area contributed by atoms with E-state index in [0.29, 0.717) is 34.8 Å². The van der Waals surface area contributed by atoms with Crippen LogP contribution in [0.15, 0.2) is 41.2 Å². The van der Waals surface area contributed by atoms with Crippen molar-refractivity contribution >= 4 is 22.5 Å². The molecule has 8 heteroatoms. The van der Waals surface area contributed by atoms with Crippen LogP contribution in [0.5, 0.6) is 11.5 Å². The number of methoxy groups -OCH3 is 2. The molecule has 1 atom stereocenters. The van der Waals surface area contributed by atoms with E-state index in [9.17, 15) is 9.59 Å². The fourth-order valence-electron chi connectivity index (χ4n) is 3.56. The zero-order valence-electron chi connectivity index (χ0n) is 18.4. The number of nitrogens with one attached hydrogen (secondary N) is 3. The van der Waals surface area contributed by atoms with Crippen LogP contribution in [0.25, 0.3) is 10.9 Å². The standard InChI is InChI=1S/C23H28N4O4/c1-5-10-27(14-22(28)25-17-9-7-6-8-15(17)2)13-21-24-18-12-20(31-4)19(30-3)11-16(18)23(29)26-21/h6-9,11-12H,5,10,13-14H2,1-4H3,(H,25,28)(H,24,26,29)/p+1. The Morgan fingerprint density at radius 2 is 1.87 bits per heavy atom. The van der Waals surface area contributed by atoms with E-state index in [1.54, 1.807) is 12.1 Å². The molecule has 0 saturated heterocycles. The Kier molecular flexibility index (Phi) is 7.25. The normalized spacial score (nSPS) is 11.9. The Bertz CT molecular complexity index is 1130. The van der Waals surface area contributed by atoms with E-state index in [1.807, 2.05) is 31.2 Å². The lowest BCUT2D eigenvalue weighted by molar-refractivity contribution is -0.906. The Morgan fingerprint density at radius 1 is 1.16 bits per heavy atom. The van der Waals surface area contributed by atoms with Crippen molar-refractivity contribution in [2.24, 2.45) is 0 Å². The number of aromatic amines is 1. The number of fused-ring (bicyclic) bond motifs is 1. The summed E-state index contributed by atoms with van der Waals surface area (Å²) in [6.45, 7) is 5.49. The molecule has 0 aliphatic rings. The average Bonchev–Trinajstić information content (AvgIpc) is 2.74. The van der Waals surface area contributed by atoms with Gasteiger partial charge < -0.3 is 24.7 Å². The van der Waals surface area contributed by atoms with Gasteiger partial charge in [0.05, 0.1) is 31.7 Å². The van der Waals surface area contributed by atoms with Crippen LogP contribution in [0.3, 0.4) is 0 Å². The van der Waals surface area contributed by atoms with E-state index in [0.717, 1.165) is 29.1 Å². The summed E-state index contributed by atoms with van der Waals surface area (Å²) in [6.07, 6.45) is 0.899. The highest BCUT2D eigenvalue weighted by Crippen LogP contribution is 2.29. The number of aryl methyl sites for hydroxylation is 1. The maximum Gasteiger partial charge on any atom is 0.279 e. The number of hydrogen-bond donors (Lipinski definition) is 3. The van der Waals surface area contributed by atoms with E-state index in [2.05, 4.69) is 22.2 Å². The lowest BCUT2D eigenvalue weighted by Crippen LogP contribution is -3.11. The second kappa shape index (κ2) is 10.1. The van der Waals surface area contributed by atoms with Gasteiger partial charge >= 0.3 is 0 Å². The van der Waals surface area contributed by atoms with E-state index < -0.39 is 0 Å². The third-order valence-electron chi connectivity index (χ3n) is 5.11.